The Kier molecular flexibility index (Phi) is 4.92. The zero-order valence-electron chi connectivity index (χ0n) is 18.7. The minimum Gasteiger partial charge on any atom is -0.344 e. The lowest BCUT2D eigenvalue weighted by Gasteiger charge is -2.50. The first kappa shape index (κ1) is 20.9. The predicted octanol–water partition coefficient (Wildman–Crippen LogP) is 2.99. The average molecular weight is 429 g/mol. The number of benzene rings is 1. The van der Waals surface area contributed by atoms with Crippen molar-refractivity contribution in [2.75, 3.05) is 26.2 Å². The van der Waals surface area contributed by atoms with Crippen molar-refractivity contribution in [1.29, 1.82) is 0 Å². The summed E-state index contributed by atoms with van der Waals surface area (Å²) >= 11 is 0. The molecule has 0 unspecified atom stereocenters. The highest BCUT2D eigenvalue weighted by Crippen LogP contribution is 2.47. The molecule has 4 aliphatic rings. The minimum absolute atomic E-state index is 0.0459. The van der Waals surface area contributed by atoms with E-state index in [0.717, 1.165) is 13.0 Å². The van der Waals surface area contributed by atoms with E-state index < -0.39 is 16.8 Å². The van der Waals surface area contributed by atoms with Crippen molar-refractivity contribution in [3.8, 4) is 0 Å². The first-order valence-electron chi connectivity index (χ1n) is 11.4. The molecule has 1 aromatic rings. The van der Waals surface area contributed by atoms with E-state index >= 15 is 0 Å². The second-order valence-corrected chi connectivity index (χ2v) is 10.4. The number of nitrogens with zero attached hydrogens (tertiary/aromatic N) is 2. The molecule has 1 atom stereocenters. The molecule has 2 saturated heterocycles. The summed E-state index contributed by atoms with van der Waals surface area (Å²) in [5.41, 5.74) is 1.47. The molecular weight excluding hydrogens is 396 g/mol. The lowest BCUT2D eigenvalue weighted by molar-refractivity contribution is -0.512. The summed E-state index contributed by atoms with van der Waals surface area (Å²) < 4.78 is 6.03. The van der Waals surface area contributed by atoms with Gasteiger partial charge in [-0.05, 0) is 44.2 Å². The van der Waals surface area contributed by atoms with Gasteiger partial charge in [-0.15, -0.1) is 0 Å². The van der Waals surface area contributed by atoms with Gasteiger partial charge in [0.25, 0.3) is 0 Å². The Morgan fingerprint density at radius 1 is 1.06 bits per heavy atom. The van der Waals surface area contributed by atoms with Crippen LogP contribution in [0, 0.1) is 5.41 Å². The van der Waals surface area contributed by atoms with Gasteiger partial charge in [-0.3, -0.25) is 9.59 Å². The van der Waals surface area contributed by atoms with Crippen LogP contribution in [0.3, 0.4) is 0 Å². The van der Waals surface area contributed by atoms with Crippen LogP contribution < -0.4 is 0 Å². The highest BCUT2D eigenvalue weighted by molar-refractivity contribution is 5.89. The third-order valence-corrected chi connectivity index (χ3v) is 7.47. The van der Waals surface area contributed by atoms with Crippen molar-refractivity contribution in [3.05, 3.63) is 35.4 Å². The van der Waals surface area contributed by atoms with Crippen molar-refractivity contribution in [1.82, 2.24) is 9.80 Å². The summed E-state index contributed by atoms with van der Waals surface area (Å²) in [5, 5.41) is 0. The molecule has 3 heterocycles. The van der Waals surface area contributed by atoms with Gasteiger partial charge in [0.15, 0.2) is 0 Å². The molecule has 1 saturated carbocycles. The second kappa shape index (κ2) is 7.29. The molecule has 5 rings (SSSR count). The van der Waals surface area contributed by atoms with Gasteiger partial charge in [0.05, 0.1) is 19.2 Å². The van der Waals surface area contributed by atoms with E-state index in [1.807, 2.05) is 37.8 Å². The molecule has 2 amide bonds. The standard InChI is InChI=1S/C24H32N2O5/c1-22(2)16-29-24(31-30-22)11-9-23(3,10-12-24)21(28)25-14-19-18-7-5-4-6-17(18)8-13-26(19)20(27)15-25/h4-7,19H,8-16H2,1-3H3/t19-,23?,24?/m1/s1. The number of fused-ring (bicyclic) bond motifs is 3. The van der Waals surface area contributed by atoms with E-state index in [0.29, 0.717) is 38.8 Å². The highest BCUT2D eigenvalue weighted by atomic mass is 17.2. The fourth-order valence-corrected chi connectivity index (χ4v) is 5.38. The van der Waals surface area contributed by atoms with Crippen LogP contribution in [0.15, 0.2) is 24.3 Å². The Labute approximate surface area is 183 Å². The van der Waals surface area contributed by atoms with Crippen LogP contribution in [0.5, 0.6) is 0 Å². The summed E-state index contributed by atoms with van der Waals surface area (Å²) in [5.74, 6) is -0.647. The molecule has 7 heteroatoms. The van der Waals surface area contributed by atoms with Crippen LogP contribution in [0.1, 0.15) is 63.6 Å². The number of rotatable bonds is 1. The largest absolute Gasteiger partial charge is 0.344 e. The Morgan fingerprint density at radius 2 is 1.81 bits per heavy atom. The third-order valence-electron chi connectivity index (χ3n) is 7.47. The maximum Gasteiger partial charge on any atom is 0.242 e. The summed E-state index contributed by atoms with van der Waals surface area (Å²) in [6, 6.07) is 8.24. The molecule has 3 aliphatic heterocycles. The Morgan fingerprint density at radius 3 is 2.52 bits per heavy atom. The van der Waals surface area contributed by atoms with E-state index in [1.54, 1.807) is 4.90 Å². The number of piperazine rings is 1. The van der Waals surface area contributed by atoms with Gasteiger partial charge in [0, 0.05) is 31.3 Å². The molecule has 1 spiro atoms. The van der Waals surface area contributed by atoms with Crippen molar-refractivity contribution in [2.45, 2.75) is 70.3 Å². The van der Waals surface area contributed by atoms with Gasteiger partial charge >= 0.3 is 0 Å². The summed E-state index contributed by atoms with van der Waals surface area (Å²) in [4.78, 5) is 41.5. The molecule has 31 heavy (non-hydrogen) atoms. The molecule has 7 nitrogen and oxygen atoms in total. The van der Waals surface area contributed by atoms with Gasteiger partial charge in [0.2, 0.25) is 17.6 Å². The molecule has 3 fully saturated rings. The normalized spacial score (nSPS) is 34.9. The van der Waals surface area contributed by atoms with E-state index in [4.69, 9.17) is 14.5 Å². The van der Waals surface area contributed by atoms with Crippen molar-refractivity contribution in [3.63, 3.8) is 0 Å². The minimum atomic E-state index is -0.758. The van der Waals surface area contributed by atoms with E-state index in [1.165, 1.54) is 11.1 Å². The van der Waals surface area contributed by atoms with Gasteiger partial charge in [-0.1, -0.05) is 31.2 Å². The molecule has 0 aromatic heterocycles. The van der Waals surface area contributed by atoms with Crippen LogP contribution in [0.2, 0.25) is 0 Å². The summed E-state index contributed by atoms with van der Waals surface area (Å²) in [6.45, 7) is 7.80. The molecule has 1 aliphatic carbocycles. The topological polar surface area (TPSA) is 68.3 Å². The van der Waals surface area contributed by atoms with Crippen LogP contribution in [0.4, 0.5) is 0 Å². The molecule has 0 bridgehead atoms. The van der Waals surface area contributed by atoms with E-state index in [2.05, 4.69) is 12.1 Å². The van der Waals surface area contributed by atoms with Crippen LogP contribution >= 0.6 is 0 Å². The monoisotopic (exact) mass is 428 g/mol. The van der Waals surface area contributed by atoms with Crippen LogP contribution in [-0.4, -0.2) is 59.2 Å². The second-order valence-electron chi connectivity index (χ2n) is 10.4. The molecule has 0 N–H and O–H groups in total. The van der Waals surface area contributed by atoms with Crippen molar-refractivity contribution in [2.24, 2.45) is 5.41 Å². The summed E-state index contributed by atoms with van der Waals surface area (Å²) in [7, 11) is 0. The quantitative estimate of drug-likeness (QED) is 0.644. The fourth-order valence-electron chi connectivity index (χ4n) is 5.38. The molecule has 1 aromatic carbocycles. The SMILES string of the molecule is CC1(C)COC2(CCC(C)(C(=O)N3CC(=O)N4CCc5ccccc5[C@H]4C3)CC2)OO1. The van der Waals surface area contributed by atoms with Crippen molar-refractivity contribution < 1.29 is 24.1 Å². The van der Waals surface area contributed by atoms with Gasteiger partial charge in [-0.2, -0.15) is 0 Å². The number of amides is 2. The highest BCUT2D eigenvalue weighted by Gasteiger charge is 2.52. The first-order chi connectivity index (χ1) is 14.7. The smallest absolute Gasteiger partial charge is 0.242 e. The molecule has 0 radical (unpaired) electrons. The first-order valence-corrected chi connectivity index (χ1v) is 11.4. The Hall–Kier alpha value is -1.96. The zero-order chi connectivity index (χ0) is 21.9. The van der Waals surface area contributed by atoms with Crippen LogP contribution in [0.25, 0.3) is 0 Å². The lowest BCUT2D eigenvalue weighted by Crippen LogP contribution is -2.59. The lowest BCUT2D eigenvalue weighted by atomic mass is 9.72. The van der Waals surface area contributed by atoms with E-state index in [-0.39, 0.29) is 24.4 Å². The van der Waals surface area contributed by atoms with Crippen LogP contribution in [-0.2, 0) is 30.5 Å². The zero-order valence-corrected chi connectivity index (χ0v) is 18.7. The molecule has 168 valence electrons. The Bertz CT molecular complexity index is 878. The van der Waals surface area contributed by atoms with Gasteiger partial charge in [0.1, 0.15) is 5.60 Å². The van der Waals surface area contributed by atoms with Gasteiger partial charge < -0.3 is 14.5 Å². The fraction of sp³-hybridized carbons (Fsp3) is 0.667. The Balaban J connectivity index is 1.29. The number of ether oxygens (including phenoxy) is 1. The number of carbonyl (C=O) groups excluding carboxylic acids is 2. The maximum atomic E-state index is 13.6. The number of hydrogen-bond acceptors (Lipinski definition) is 5. The predicted molar refractivity (Wildman–Crippen MR) is 113 cm³/mol. The van der Waals surface area contributed by atoms with E-state index in [9.17, 15) is 9.59 Å². The third kappa shape index (κ3) is 3.66. The average Bonchev–Trinajstić information content (AvgIpc) is 2.77. The maximum absolute atomic E-state index is 13.6. The van der Waals surface area contributed by atoms with Crippen molar-refractivity contribution >= 4 is 11.8 Å². The number of carbonyl (C=O) groups is 2. The number of hydrogen-bond donors (Lipinski definition) is 0. The van der Waals surface area contributed by atoms with Gasteiger partial charge in [-0.25, -0.2) is 9.78 Å². The molecular formula is C24H32N2O5. The summed E-state index contributed by atoms with van der Waals surface area (Å²) in [6.07, 6.45) is 3.37.